The zero-order valence-corrected chi connectivity index (χ0v) is 19.6. The van der Waals surface area contributed by atoms with Crippen LogP contribution in [0.15, 0.2) is 51.8 Å². The largest absolute Gasteiger partial charge is 0.496 e. The van der Waals surface area contributed by atoms with Crippen LogP contribution in [0.1, 0.15) is 37.7 Å². The number of carbonyl (C=O) groups excluding carboxylic acids is 1. The average molecular weight is 495 g/mol. The maximum absolute atomic E-state index is 13.5. The van der Waals surface area contributed by atoms with Crippen LogP contribution in [0.5, 0.6) is 5.75 Å². The van der Waals surface area contributed by atoms with E-state index in [1.807, 2.05) is 19.1 Å². The SMILES string of the molecule is COc1ccc(S(=O)(=O)N(CC(=O)NC2CCCCC2)c2ccc(C)cc2)cc1Br. The molecule has 6 nitrogen and oxygen atoms in total. The van der Waals surface area contributed by atoms with Crippen molar-refractivity contribution in [1.29, 1.82) is 0 Å². The summed E-state index contributed by atoms with van der Waals surface area (Å²) in [6, 6.07) is 11.8. The zero-order valence-electron chi connectivity index (χ0n) is 17.2. The molecule has 1 N–H and O–H groups in total. The first-order chi connectivity index (χ1) is 14.3. The van der Waals surface area contributed by atoms with Crippen molar-refractivity contribution in [2.24, 2.45) is 0 Å². The van der Waals surface area contributed by atoms with E-state index in [9.17, 15) is 13.2 Å². The lowest BCUT2D eigenvalue weighted by atomic mass is 9.95. The van der Waals surface area contributed by atoms with E-state index in [2.05, 4.69) is 21.2 Å². The molecule has 162 valence electrons. The fourth-order valence-corrected chi connectivity index (χ4v) is 5.75. The monoisotopic (exact) mass is 494 g/mol. The lowest BCUT2D eigenvalue weighted by molar-refractivity contribution is -0.120. The molecule has 1 aliphatic carbocycles. The number of anilines is 1. The highest BCUT2D eigenvalue weighted by molar-refractivity contribution is 9.10. The van der Waals surface area contributed by atoms with Crippen LogP contribution in [0.25, 0.3) is 0 Å². The van der Waals surface area contributed by atoms with Crippen molar-refractivity contribution in [2.75, 3.05) is 18.0 Å². The molecule has 2 aromatic carbocycles. The highest BCUT2D eigenvalue weighted by Gasteiger charge is 2.28. The summed E-state index contributed by atoms with van der Waals surface area (Å²) in [4.78, 5) is 12.8. The number of ether oxygens (including phenoxy) is 1. The maximum atomic E-state index is 13.5. The summed E-state index contributed by atoms with van der Waals surface area (Å²) >= 11 is 3.34. The molecule has 0 radical (unpaired) electrons. The molecular formula is C22H27BrN2O4S. The van der Waals surface area contributed by atoms with Gasteiger partial charge < -0.3 is 10.1 Å². The van der Waals surface area contributed by atoms with Crippen molar-refractivity contribution < 1.29 is 17.9 Å². The summed E-state index contributed by atoms with van der Waals surface area (Å²) in [5, 5.41) is 3.01. The van der Waals surface area contributed by atoms with Gasteiger partial charge in [0.2, 0.25) is 5.91 Å². The standard InChI is InChI=1S/C22H27BrN2O4S/c1-16-8-10-18(11-9-16)25(15-22(26)24-17-6-4-3-5-7-17)30(27,28)19-12-13-21(29-2)20(23)14-19/h8-14,17H,3-7,15H2,1-2H3,(H,24,26). The summed E-state index contributed by atoms with van der Waals surface area (Å²) in [6.45, 7) is 1.66. The molecule has 30 heavy (non-hydrogen) atoms. The molecule has 1 aliphatic rings. The number of aryl methyl sites for hydroxylation is 1. The van der Waals surface area contributed by atoms with E-state index in [0.29, 0.717) is 15.9 Å². The first kappa shape index (κ1) is 22.6. The molecule has 0 aliphatic heterocycles. The lowest BCUT2D eigenvalue weighted by Crippen LogP contribution is -2.44. The third-order valence-corrected chi connectivity index (χ3v) is 7.68. The molecule has 3 rings (SSSR count). The topological polar surface area (TPSA) is 75.7 Å². The predicted molar refractivity (Wildman–Crippen MR) is 121 cm³/mol. The first-order valence-corrected chi connectivity index (χ1v) is 12.3. The lowest BCUT2D eigenvalue weighted by Gasteiger charge is -2.27. The van der Waals surface area contributed by atoms with Gasteiger partial charge in [-0.05, 0) is 66.0 Å². The third-order valence-electron chi connectivity index (χ3n) is 5.29. The van der Waals surface area contributed by atoms with Crippen LogP contribution < -0.4 is 14.4 Å². The van der Waals surface area contributed by atoms with Gasteiger partial charge in [0.1, 0.15) is 12.3 Å². The Morgan fingerprint density at radius 2 is 1.80 bits per heavy atom. The molecule has 8 heteroatoms. The van der Waals surface area contributed by atoms with Gasteiger partial charge in [-0.15, -0.1) is 0 Å². The van der Waals surface area contributed by atoms with Crippen LogP contribution in [0.2, 0.25) is 0 Å². The Bertz CT molecular complexity index is 987. The maximum Gasteiger partial charge on any atom is 0.264 e. The Balaban J connectivity index is 1.91. The molecule has 0 atom stereocenters. The van der Waals surface area contributed by atoms with Gasteiger partial charge in [0.25, 0.3) is 10.0 Å². The molecule has 1 amide bonds. The minimum absolute atomic E-state index is 0.0845. The van der Waals surface area contributed by atoms with Crippen molar-refractivity contribution in [1.82, 2.24) is 5.32 Å². The zero-order chi connectivity index (χ0) is 21.7. The first-order valence-electron chi connectivity index (χ1n) is 10.0. The Hall–Kier alpha value is -2.06. The van der Waals surface area contributed by atoms with Gasteiger partial charge in [0.05, 0.1) is 22.2 Å². The summed E-state index contributed by atoms with van der Waals surface area (Å²) in [6.07, 6.45) is 5.24. The van der Waals surface area contributed by atoms with Crippen molar-refractivity contribution >= 4 is 37.5 Å². The minimum Gasteiger partial charge on any atom is -0.496 e. The third kappa shape index (κ3) is 5.35. The molecule has 1 saturated carbocycles. The molecule has 0 spiro atoms. The van der Waals surface area contributed by atoms with Gasteiger partial charge in [-0.2, -0.15) is 0 Å². The normalized spacial score (nSPS) is 14.9. The van der Waals surface area contributed by atoms with Crippen LogP contribution in [0.4, 0.5) is 5.69 Å². The Morgan fingerprint density at radius 1 is 1.13 bits per heavy atom. The number of hydrogen-bond donors (Lipinski definition) is 1. The summed E-state index contributed by atoms with van der Waals surface area (Å²) < 4.78 is 33.9. The number of methoxy groups -OCH3 is 1. The molecule has 2 aromatic rings. The quantitative estimate of drug-likeness (QED) is 0.618. The van der Waals surface area contributed by atoms with Crippen LogP contribution in [-0.2, 0) is 14.8 Å². The van der Waals surface area contributed by atoms with Gasteiger partial charge >= 0.3 is 0 Å². The van der Waals surface area contributed by atoms with Crippen molar-refractivity contribution in [3.8, 4) is 5.75 Å². The summed E-state index contributed by atoms with van der Waals surface area (Å²) in [7, 11) is -2.45. The van der Waals surface area contributed by atoms with Crippen molar-refractivity contribution in [3.63, 3.8) is 0 Å². The van der Waals surface area contributed by atoms with Crippen LogP contribution >= 0.6 is 15.9 Å². The smallest absolute Gasteiger partial charge is 0.264 e. The number of sulfonamides is 1. The Kier molecular flexibility index (Phi) is 7.41. The number of benzene rings is 2. The number of carbonyl (C=O) groups is 1. The molecule has 1 fully saturated rings. The summed E-state index contributed by atoms with van der Waals surface area (Å²) in [5.74, 6) is 0.240. The number of nitrogens with zero attached hydrogens (tertiary/aromatic N) is 1. The van der Waals surface area contributed by atoms with Gasteiger partial charge in [-0.25, -0.2) is 8.42 Å². The van der Waals surface area contributed by atoms with Gasteiger partial charge in [-0.3, -0.25) is 9.10 Å². The number of rotatable bonds is 7. The van der Waals surface area contributed by atoms with Gasteiger partial charge in [-0.1, -0.05) is 37.0 Å². The van der Waals surface area contributed by atoms with Crippen LogP contribution in [-0.4, -0.2) is 34.0 Å². The highest BCUT2D eigenvalue weighted by atomic mass is 79.9. The van der Waals surface area contributed by atoms with E-state index < -0.39 is 10.0 Å². The number of amides is 1. The van der Waals surface area contributed by atoms with E-state index in [0.717, 1.165) is 31.2 Å². The number of nitrogens with one attached hydrogen (secondary N) is 1. The second-order valence-corrected chi connectivity index (χ2v) is 10.3. The predicted octanol–water partition coefficient (Wildman–Crippen LogP) is 4.41. The van der Waals surface area contributed by atoms with E-state index in [-0.39, 0.29) is 23.4 Å². The Morgan fingerprint density at radius 3 is 2.40 bits per heavy atom. The fraction of sp³-hybridized carbons (Fsp3) is 0.409. The van der Waals surface area contributed by atoms with E-state index in [1.54, 1.807) is 18.2 Å². The molecule has 0 aromatic heterocycles. The van der Waals surface area contributed by atoms with E-state index in [1.165, 1.54) is 30.0 Å². The van der Waals surface area contributed by atoms with E-state index >= 15 is 0 Å². The van der Waals surface area contributed by atoms with Crippen LogP contribution in [0, 0.1) is 6.92 Å². The second kappa shape index (κ2) is 9.83. The molecule has 0 saturated heterocycles. The van der Waals surface area contributed by atoms with Gasteiger partial charge in [0, 0.05) is 6.04 Å². The minimum atomic E-state index is -3.96. The number of halogens is 1. The fourth-order valence-electron chi connectivity index (χ4n) is 3.61. The van der Waals surface area contributed by atoms with Gasteiger partial charge in [0.15, 0.2) is 0 Å². The second-order valence-electron chi connectivity index (χ2n) is 7.55. The van der Waals surface area contributed by atoms with Crippen LogP contribution in [0.3, 0.4) is 0 Å². The molecule has 0 unspecified atom stereocenters. The van der Waals surface area contributed by atoms with Crippen molar-refractivity contribution in [2.45, 2.75) is 50.0 Å². The van der Waals surface area contributed by atoms with E-state index in [4.69, 9.17) is 4.74 Å². The molecule has 0 bridgehead atoms. The Labute approximate surface area is 186 Å². The van der Waals surface area contributed by atoms with Crippen molar-refractivity contribution in [3.05, 3.63) is 52.5 Å². The average Bonchev–Trinajstić information content (AvgIpc) is 2.73. The number of hydrogen-bond acceptors (Lipinski definition) is 4. The molecule has 0 heterocycles. The highest BCUT2D eigenvalue weighted by Crippen LogP contribution is 2.31. The summed E-state index contributed by atoms with van der Waals surface area (Å²) in [5.41, 5.74) is 1.46. The molecular weight excluding hydrogens is 468 g/mol.